The van der Waals surface area contributed by atoms with Gasteiger partial charge in [0.15, 0.2) is 0 Å². The van der Waals surface area contributed by atoms with Crippen LogP contribution in [-0.4, -0.2) is 59.8 Å². The van der Waals surface area contributed by atoms with Gasteiger partial charge >= 0.3 is 48.9 Å². The molecule has 0 atom stereocenters. The molecule has 0 heterocycles. The van der Waals surface area contributed by atoms with Gasteiger partial charge in [0.1, 0.15) is 0 Å². The maximum Gasteiger partial charge on any atom is 2.00 e. The van der Waals surface area contributed by atoms with Crippen LogP contribution >= 0.6 is 0 Å². The standard InChI is InChI=1S/Ba.HI.2H2O/h;1H;2*1H2/q+2;;;/p-1. The van der Waals surface area contributed by atoms with Crippen molar-refractivity contribution in [3.63, 3.8) is 0 Å². The van der Waals surface area contributed by atoms with Gasteiger partial charge in [0.25, 0.3) is 0 Å². The minimum Gasteiger partial charge on any atom is -1.00 e. The summed E-state index contributed by atoms with van der Waals surface area (Å²) in [6.07, 6.45) is 0. The second-order valence-electron chi connectivity index (χ2n) is 0. The fourth-order valence-electron chi connectivity index (χ4n) is 0. The van der Waals surface area contributed by atoms with Gasteiger partial charge < -0.3 is 34.9 Å². The topological polar surface area (TPSA) is 63.0 Å². The van der Waals surface area contributed by atoms with Crippen molar-refractivity contribution in [2.75, 3.05) is 0 Å². The molecule has 0 aliphatic heterocycles. The summed E-state index contributed by atoms with van der Waals surface area (Å²) in [4.78, 5) is 0. The molecular weight excluding hydrogens is 296 g/mol. The predicted octanol–water partition coefficient (Wildman–Crippen LogP) is -5.03. The summed E-state index contributed by atoms with van der Waals surface area (Å²) in [5, 5.41) is 0. The average molecular weight is 300 g/mol. The minimum absolute atomic E-state index is 0. The van der Waals surface area contributed by atoms with Crippen molar-refractivity contribution in [1.82, 2.24) is 0 Å². The zero-order valence-corrected chi connectivity index (χ0v) is 8.68. The Morgan fingerprint density at radius 3 is 0.750 bits per heavy atom. The van der Waals surface area contributed by atoms with Gasteiger partial charge in [0, 0.05) is 0 Å². The van der Waals surface area contributed by atoms with Gasteiger partial charge in [-0.2, -0.15) is 0 Å². The molecular formula is H4BaIO2+. The molecule has 24 valence electrons. The number of rotatable bonds is 0. The van der Waals surface area contributed by atoms with E-state index in [1.807, 2.05) is 0 Å². The fourth-order valence-corrected chi connectivity index (χ4v) is 0. The Hall–Kier alpha value is 2.22. The van der Waals surface area contributed by atoms with Gasteiger partial charge in [-0.1, -0.05) is 0 Å². The molecule has 4 heteroatoms. The number of halogens is 1. The molecule has 0 aliphatic rings. The van der Waals surface area contributed by atoms with Gasteiger partial charge in [0.05, 0.1) is 0 Å². The zero-order valence-electron chi connectivity index (χ0n) is 2.09. The molecule has 0 aromatic carbocycles. The molecule has 0 radical (unpaired) electrons. The van der Waals surface area contributed by atoms with Crippen LogP contribution < -0.4 is 24.0 Å². The van der Waals surface area contributed by atoms with Crippen LogP contribution in [-0.2, 0) is 0 Å². The molecule has 0 rings (SSSR count). The maximum absolute atomic E-state index is 0. The summed E-state index contributed by atoms with van der Waals surface area (Å²) >= 11 is 0. The van der Waals surface area contributed by atoms with E-state index in [4.69, 9.17) is 0 Å². The zero-order chi connectivity index (χ0) is 0. The van der Waals surface area contributed by atoms with Crippen molar-refractivity contribution in [1.29, 1.82) is 0 Å². The summed E-state index contributed by atoms with van der Waals surface area (Å²) in [7, 11) is 0. The van der Waals surface area contributed by atoms with E-state index in [0.717, 1.165) is 0 Å². The monoisotopic (exact) mass is 301 g/mol. The maximum atomic E-state index is 0. The van der Waals surface area contributed by atoms with Crippen molar-refractivity contribution < 1.29 is 34.9 Å². The molecule has 0 spiro atoms. The summed E-state index contributed by atoms with van der Waals surface area (Å²) in [6.45, 7) is 0. The first-order valence-electron chi connectivity index (χ1n) is 0. The second-order valence-corrected chi connectivity index (χ2v) is 0. The van der Waals surface area contributed by atoms with Crippen LogP contribution in [0.4, 0.5) is 0 Å². The molecule has 2 nitrogen and oxygen atoms in total. The molecule has 0 aliphatic carbocycles. The molecule has 0 fully saturated rings. The van der Waals surface area contributed by atoms with Crippen molar-refractivity contribution in [3.8, 4) is 0 Å². The molecule has 4 N–H and O–H groups in total. The molecule has 0 aromatic rings. The Kier molecular flexibility index (Phi) is 162. The van der Waals surface area contributed by atoms with Gasteiger partial charge in [-0.05, 0) is 0 Å². The van der Waals surface area contributed by atoms with E-state index in [0.29, 0.717) is 0 Å². The quantitative estimate of drug-likeness (QED) is 0.318. The van der Waals surface area contributed by atoms with E-state index < -0.39 is 0 Å². The molecule has 0 aromatic heterocycles. The third kappa shape index (κ3) is 8.88. The van der Waals surface area contributed by atoms with Crippen LogP contribution in [0.3, 0.4) is 0 Å². The third-order valence-corrected chi connectivity index (χ3v) is 0. The molecule has 4 heavy (non-hydrogen) atoms. The Bertz CT molecular complexity index is 6.00. The molecule has 0 saturated heterocycles. The van der Waals surface area contributed by atoms with Crippen molar-refractivity contribution in [2.24, 2.45) is 0 Å². The van der Waals surface area contributed by atoms with Gasteiger partial charge in [0.2, 0.25) is 0 Å². The molecule has 0 amide bonds. The Morgan fingerprint density at radius 1 is 0.750 bits per heavy atom. The SMILES string of the molecule is O.O.[Ba+2].[I-]. The Balaban J connectivity index is 0. The first-order valence-corrected chi connectivity index (χ1v) is 0. The minimum atomic E-state index is 0. The Labute approximate surface area is 82.0 Å². The summed E-state index contributed by atoms with van der Waals surface area (Å²) < 4.78 is 0. The normalized spacial score (nSPS) is 0. The van der Waals surface area contributed by atoms with Crippen LogP contribution in [0.2, 0.25) is 0 Å². The average Bonchev–Trinajstić information content (AvgIpc) is 0. The van der Waals surface area contributed by atoms with Crippen LogP contribution in [0.5, 0.6) is 0 Å². The van der Waals surface area contributed by atoms with Crippen molar-refractivity contribution in [2.45, 2.75) is 0 Å². The second kappa shape index (κ2) is 18.9. The number of hydrogen-bond donors (Lipinski definition) is 0. The fraction of sp³-hybridized carbons (Fsp3) is 0. The molecule has 0 unspecified atom stereocenters. The van der Waals surface area contributed by atoms with Gasteiger partial charge in [-0.15, -0.1) is 0 Å². The van der Waals surface area contributed by atoms with E-state index in [1.165, 1.54) is 0 Å². The molecule has 0 bridgehead atoms. The van der Waals surface area contributed by atoms with E-state index in [1.54, 1.807) is 0 Å². The first kappa shape index (κ1) is 34.4. The van der Waals surface area contributed by atoms with E-state index >= 15 is 0 Å². The summed E-state index contributed by atoms with van der Waals surface area (Å²) in [6, 6.07) is 0. The molecule has 0 saturated carbocycles. The third-order valence-electron chi connectivity index (χ3n) is 0. The van der Waals surface area contributed by atoms with Gasteiger partial charge in [-0.3, -0.25) is 0 Å². The van der Waals surface area contributed by atoms with Crippen LogP contribution in [0.25, 0.3) is 0 Å². The summed E-state index contributed by atoms with van der Waals surface area (Å²) in [5.74, 6) is 0. The smallest absolute Gasteiger partial charge is 1.00 e. The van der Waals surface area contributed by atoms with Crippen LogP contribution in [0, 0.1) is 0 Å². The van der Waals surface area contributed by atoms with E-state index in [2.05, 4.69) is 0 Å². The predicted molar refractivity (Wildman–Crippen MR) is 13.0 cm³/mol. The van der Waals surface area contributed by atoms with E-state index in [9.17, 15) is 0 Å². The van der Waals surface area contributed by atoms with Crippen molar-refractivity contribution >= 4 is 48.9 Å². The van der Waals surface area contributed by atoms with Gasteiger partial charge in [-0.25, -0.2) is 0 Å². The van der Waals surface area contributed by atoms with Crippen LogP contribution in [0.1, 0.15) is 0 Å². The number of hydrogen-bond acceptors (Lipinski definition) is 0. The first-order chi connectivity index (χ1) is 0. The van der Waals surface area contributed by atoms with Crippen molar-refractivity contribution in [3.05, 3.63) is 0 Å². The Morgan fingerprint density at radius 2 is 0.750 bits per heavy atom. The summed E-state index contributed by atoms with van der Waals surface area (Å²) in [5.41, 5.74) is 0. The van der Waals surface area contributed by atoms with Crippen LogP contribution in [0.15, 0.2) is 0 Å². The largest absolute Gasteiger partial charge is 2.00 e. The van der Waals surface area contributed by atoms with E-state index in [-0.39, 0.29) is 83.8 Å².